The minimum atomic E-state index is -0.138. The van der Waals surface area contributed by atoms with Crippen LogP contribution in [0.15, 0.2) is 6.20 Å². The summed E-state index contributed by atoms with van der Waals surface area (Å²) in [7, 11) is 1.90. The van der Waals surface area contributed by atoms with Gasteiger partial charge in [0.1, 0.15) is 11.0 Å². The Kier molecular flexibility index (Phi) is 4.42. The van der Waals surface area contributed by atoms with Crippen molar-refractivity contribution in [1.82, 2.24) is 14.9 Å². The van der Waals surface area contributed by atoms with Gasteiger partial charge in [0.15, 0.2) is 0 Å². The number of rotatable bonds is 4. The molecule has 1 fully saturated rings. The first kappa shape index (κ1) is 12.9. The zero-order valence-electron chi connectivity index (χ0n) is 10.2. The number of nitrogens with zero attached hydrogens (tertiary/aromatic N) is 2. The van der Waals surface area contributed by atoms with Crippen LogP contribution >= 0.6 is 11.6 Å². The van der Waals surface area contributed by atoms with E-state index < -0.39 is 0 Å². The monoisotopic (exact) mass is 257 g/mol. The first-order chi connectivity index (χ1) is 8.18. The molecular weight excluding hydrogens is 238 g/mol. The third-order valence-corrected chi connectivity index (χ3v) is 3.94. The number of nitrogens with one attached hydrogen (secondary N) is 1. The molecule has 0 aliphatic heterocycles. The Morgan fingerprint density at radius 1 is 1.53 bits per heavy atom. The lowest BCUT2D eigenvalue weighted by Crippen LogP contribution is -2.34. The summed E-state index contributed by atoms with van der Waals surface area (Å²) in [6.45, 7) is 1.55. The fraction of sp³-hybridized carbons (Fsp3) is 0.750. The number of hydrogen-bond acceptors (Lipinski definition) is 3. The summed E-state index contributed by atoms with van der Waals surface area (Å²) >= 11 is 5.91. The summed E-state index contributed by atoms with van der Waals surface area (Å²) < 4.78 is 1.87. The molecule has 0 aromatic carbocycles. The molecule has 2 atom stereocenters. The van der Waals surface area contributed by atoms with E-state index in [4.69, 9.17) is 11.6 Å². The molecule has 2 rings (SSSR count). The molecule has 0 radical (unpaired) electrons. The van der Waals surface area contributed by atoms with Crippen LogP contribution in [0.4, 0.5) is 0 Å². The van der Waals surface area contributed by atoms with Crippen LogP contribution in [0.3, 0.4) is 0 Å². The van der Waals surface area contributed by atoms with E-state index in [0.717, 1.165) is 31.6 Å². The van der Waals surface area contributed by atoms with Gasteiger partial charge in [-0.15, -0.1) is 0 Å². The highest BCUT2D eigenvalue weighted by molar-refractivity contribution is 6.29. The number of imidazole rings is 1. The van der Waals surface area contributed by atoms with E-state index in [2.05, 4.69) is 10.3 Å². The lowest BCUT2D eigenvalue weighted by molar-refractivity contribution is 0.0694. The molecule has 1 aromatic heterocycles. The third kappa shape index (κ3) is 3.21. The average Bonchev–Trinajstić information content (AvgIpc) is 2.63. The molecule has 0 bridgehead atoms. The van der Waals surface area contributed by atoms with Crippen molar-refractivity contribution in [2.45, 2.75) is 38.3 Å². The van der Waals surface area contributed by atoms with Crippen molar-refractivity contribution in [2.24, 2.45) is 13.0 Å². The summed E-state index contributed by atoms with van der Waals surface area (Å²) in [5.74, 6) is 1.32. The average molecular weight is 258 g/mol. The van der Waals surface area contributed by atoms with Crippen LogP contribution in [-0.2, 0) is 13.6 Å². The molecule has 1 saturated carbocycles. The Labute approximate surface area is 107 Å². The van der Waals surface area contributed by atoms with Crippen molar-refractivity contribution in [3.63, 3.8) is 0 Å². The summed E-state index contributed by atoms with van der Waals surface area (Å²) in [6, 6.07) is 0. The first-order valence-corrected chi connectivity index (χ1v) is 6.61. The molecule has 1 aliphatic carbocycles. The number of aromatic nitrogens is 2. The second-order valence-electron chi connectivity index (χ2n) is 4.80. The number of halogens is 1. The molecule has 96 valence electrons. The largest absolute Gasteiger partial charge is 0.393 e. The van der Waals surface area contributed by atoms with Gasteiger partial charge in [-0.05, 0) is 18.8 Å². The number of hydrogen-bond donors (Lipinski definition) is 2. The smallest absolute Gasteiger partial charge is 0.128 e. The van der Waals surface area contributed by atoms with Gasteiger partial charge in [-0.3, -0.25) is 0 Å². The quantitative estimate of drug-likeness (QED) is 0.864. The maximum Gasteiger partial charge on any atom is 0.128 e. The summed E-state index contributed by atoms with van der Waals surface area (Å²) in [5, 5.41) is 13.8. The van der Waals surface area contributed by atoms with Crippen molar-refractivity contribution >= 4 is 11.6 Å². The Balaban J connectivity index is 1.77. The summed E-state index contributed by atoms with van der Waals surface area (Å²) in [4.78, 5) is 4.22. The van der Waals surface area contributed by atoms with Crippen LogP contribution in [0, 0.1) is 5.92 Å². The molecule has 1 heterocycles. The van der Waals surface area contributed by atoms with Crippen molar-refractivity contribution in [2.75, 3.05) is 6.54 Å². The summed E-state index contributed by atoms with van der Waals surface area (Å²) in [6.07, 6.45) is 5.98. The normalized spacial score (nSPS) is 25.1. The van der Waals surface area contributed by atoms with Crippen molar-refractivity contribution in [3.8, 4) is 0 Å². The highest BCUT2D eigenvalue weighted by atomic mass is 35.5. The second kappa shape index (κ2) is 5.85. The van der Waals surface area contributed by atoms with Crippen molar-refractivity contribution < 1.29 is 5.11 Å². The lowest BCUT2D eigenvalue weighted by Gasteiger charge is -2.27. The van der Waals surface area contributed by atoms with Crippen LogP contribution in [-0.4, -0.2) is 27.3 Å². The molecule has 0 saturated heterocycles. The maximum atomic E-state index is 9.84. The lowest BCUT2D eigenvalue weighted by atomic mass is 9.86. The number of aliphatic hydroxyl groups excluding tert-OH is 1. The molecule has 2 N–H and O–H groups in total. The van der Waals surface area contributed by atoms with Crippen LogP contribution in [0.1, 0.15) is 31.5 Å². The zero-order valence-corrected chi connectivity index (χ0v) is 11.0. The van der Waals surface area contributed by atoms with Crippen LogP contribution in [0.2, 0.25) is 5.15 Å². The molecule has 2 unspecified atom stereocenters. The highest BCUT2D eigenvalue weighted by Crippen LogP contribution is 2.23. The van der Waals surface area contributed by atoms with Gasteiger partial charge in [0.05, 0.1) is 18.8 Å². The van der Waals surface area contributed by atoms with Crippen molar-refractivity contribution in [3.05, 3.63) is 17.2 Å². The van der Waals surface area contributed by atoms with E-state index in [9.17, 15) is 5.11 Å². The fourth-order valence-corrected chi connectivity index (χ4v) is 2.53. The van der Waals surface area contributed by atoms with Gasteiger partial charge in [0.2, 0.25) is 0 Å². The molecule has 1 aromatic rings. The van der Waals surface area contributed by atoms with E-state index in [1.54, 1.807) is 6.20 Å². The van der Waals surface area contributed by atoms with E-state index in [0.29, 0.717) is 17.6 Å². The van der Waals surface area contributed by atoms with Gasteiger partial charge in [-0.2, -0.15) is 0 Å². The minimum Gasteiger partial charge on any atom is -0.393 e. The van der Waals surface area contributed by atoms with E-state index in [1.807, 2.05) is 11.6 Å². The molecule has 0 amide bonds. The predicted molar refractivity (Wildman–Crippen MR) is 67.9 cm³/mol. The Hall–Kier alpha value is -0.580. The van der Waals surface area contributed by atoms with Gasteiger partial charge in [-0.25, -0.2) is 4.98 Å². The van der Waals surface area contributed by atoms with E-state index >= 15 is 0 Å². The highest BCUT2D eigenvalue weighted by Gasteiger charge is 2.22. The predicted octanol–water partition coefficient (Wildman–Crippen LogP) is 1.71. The molecule has 5 heteroatoms. The van der Waals surface area contributed by atoms with Gasteiger partial charge in [0, 0.05) is 13.6 Å². The van der Waals surface area contributed by atoms with Gasteiger partial charge in [-0.1, -0.05) is 24.4 Å². The first-order valence-electron chi connectivity index (χ1n) is 6.23. The van der Waals surface area contributed by atoms with Gasteiger partial charge >= 0.3 is 0 Å². The van der Waals surface area contributed by atoms with Gasteiger partial charge < -0.3 is 15.0 Å². The topological polar surface area (TPSA) is 50.1 Å². The standard InChI is InChI=1S/C12H20ClN3O/c1-16-11(13)7-15-12(16)8-14-6-9-4-2-3-5-10(9)17/h7,9-10,14,17H,2-6,8H2,1H3. The molecule has 17 heavy (non-hydrogen) atoms. The van der Waals surface area contributed by atoms with E-state index in [1.165, 1.54) is 6.42 Å². The third-order valence-electron chi connectivity index (χ3n) is 3.59. The van der Waals surface area contributed by atoms with Crippen LogP contribution in [0.5, 0.6) is 0 Å². The van der Waals surface area contributed by atoms with Crippen molar-refractivity contribution in [1.29, 1.82) is 0 Å². The second-order valence-corrected chi connectivity index (χ2v) is 5.19. The Bertz CT molecular complexity index is 367. The Morgan fingerprint density at radius 2 is 2.29 bits per heavy atom. The van der Waals surface area contributed by atoms with E-state index in [-0.39, 0.29) is 6.10 Å². The summed E-state index contributed by atoms with van der Waals surface area (Å²) in [5.41, 5.74) is 0. The molecule has 4 nitrogen and oxygen atoms in total. The maximum absolute atomic E-state index is 9.84. The molecule has 1 aliphatic rings. The fourth-order valence-electron chi connectivity index (χ4n) is 2.38. The molecule has 0 spiro atoms. The zero-order chi connectivity index (χ0) is 12.3. The Morgan fingerprint density at radius 3 is 2.94 bits per heavy atom. The number of aliphatic hydroxyl groups is 1. The SMILES string of the molecule is Cn1c(Cl)cnc1CNCC1CCCCC1O. The van der Waals surface area contributed by atoms with Crippen LogP contribution < -0.4 is 5.32 Å². The van der Waals surface area contributed by atoms with Gasteiger partial charge in [0.25, 0.3) is 0 Å². The molecular formula is C12H20ClN3O. The van der Waals surface area contributed by atoms with Crippen LogP contribution in [0.25, 0.3) is 0 Å². The minimum absolute atomic E-state index is 0.138.